The van der Waals surface area contributed by atoms with Crippen molar-refractivity contribution < 1.29 is 23.9 Å². The highest BCUT2D eigenvalue weighted by molar-refractivity contribution is 5.97. The number of carbonyl (C=O) groups excluding carboxylic acids is 3. The number of rotatable bonds is 8. The van der Waals surface area contributed by atoms with Crippen LogP contribution in [-0.4, -0.2) is 107 Å². The number of piperazine rings is 1. The Labute approximate surface area is 258 Å². The lowest BCUT2D eigenvalue weighted by Gasteiger charge is -2.39. The summed E-state index contributed by atoms with van der Waals surface area (Å²) in [6.45, 7) is 7.74. The highest BCUT2D eigenvalue weighted by Crippen LogP contribution is 2.36. The first kappa shape index (κ1) is 30.6. The van der Waals surface area contributed by atoms with Gasteiger partial charge in [-0.2, -0.15) is 0 Å². The van der Waals surface area contributed by atoms with Crippen LogP contribution in [0.2, 0.25) is 0 Å². The topological polar surface area (TPSA) is 113 Å². The molecule has 2 bridgehead atoms. The van der Waals surface area contributed by atoms with E-state index >= 15 is 0 Å². The highest BCUT2D eigenvalue weighted by atomic mass is 16.6. The largest absolute Gasteiger partial charge is 0.449 e. The van der Waals surface area contributed by atoms with Crippen molar-refractivity contribution in [2.24, 2.45) is 0 Å². The zero-order valence-corrected chi connectivity index (χ0v) is 25.9. The molecule has 1 aromatic heterocycles. The van der Waals surface area contributed by atoms with Crippen molar-refractivity contribution in [3.63, 3.8) is 0 Å². The first-order chi connectivity index (χ1) is 21.3. The van der Waals surface area contributed by atoms with Crippen LogP contribution in [0, 0.1) is 0 Å². The molecule has 44 heavy (non-hydrogen) atoms. The van der Waals surface area contributed by atoms with E-state index in [2.05, 4.69) is 10.2 Å². The number of aromatic nitrogens is 1. The Morgan fingerprint density at radius 1 is 1.00 bits per heavy atom. The first-order valence-electron chi connectivity index (χ1n) is 16.3. The van der Waals surface area contributed by atoms with Crippen LogP contribution in [0.15, 0.2) is 35.1 Å². The lowest BCUT2D eigenvalue weighted by atomic mass is 9.96. The third-order valence-corrected chi connectivity index (χ3v) is 9.77. The van der Waals surface area contributed by atoms with Crippen LogP contribution < -0.4 is 10.9 Å². The summed E-state index contributed by atoms with van der Waals surface area (Å²) in [7, 11) is 0. The van der Waals surface area contributed by atoms with Crippen LogP contribution in [0.1, 0.15) is 75.2 Å². The van der Waals surface area contributed by atoms with Gasteiger partial charge in [-0.25, -0.2) is 4.79 Å². The van der Waals surface area contributed by atoms with E-state index in [1.165, 1.54) is 0 Å². The molecule has 0 spiro atoms. The summed E-state index contributed by atoms with van der Waals surface area (Å²) in [5.41, 5.74) is 0.787. The molecule has 11 nitrogen and oxygen atoms in total. The Balaban J connectivity index is 0.952. The molecule has 2 unspecified atom stereocenters. The minimum atomic E-state index is -0.322. The smallest absolute Gasteiger partial charge is 0.409 e. The number of amides is 3. The van der Waals surface area contributed by atoms with E-state index in [0.717, 1.165) is 62.4 Å². The van der Waals surface area contributed by atoms with Gasteiger partial charge in [0.1, 0.15) is 11.7 Å². The van der Waals surface area contributed by atoms with Crippen LogP contribution in [0.3, 0.4) is 0 Å². The normalized spacial score (nSPS) is 25.5. The minimum Gasteiger partial charge on any atom is -0.449 e. The number of pyridine rings is 1. The van der Waals surface area contributed by atoms with Crippen molar-refractivity contribution in [1.29, 1.82) is 0 Å². The first-order valence-corrected chi connectivity index (χ1v) is 16.3. The fourth-order valence-electron chi connectivity index (χ4n) is 7.56. The minimum absolute atomic E-state index is 0.0261. The lowest BCUT2D eigenvalue weighted by Crippen LogP contribution is -2.53. The van der Waals surface area contributed by atoms with E-state index in [1.54, 1.807) is 20.4 Å². The van der Waals surface area contributed by atoms with Crippen molar-refractivity contribution >= 4 is 28.8 Å². The SMILES string of the molecule is CC(C)n1c(=O)c(C(=O)NC2C[C@H]3CC[C@@H](C2)N3CCCOC(=O)N2CCN(C(=O)C3CCCO3)CC2)cc2ccccc21. The van der Waals surface area contributed by atoms with Crippen LogP contribution in [0.5, 0.6) is 0 Å². The van der Waals surface area contributed by atoms with E-state index in [0.29, 0.717) is 51.5 Å². The summed E-state index contributed by atoms with van der Waals surface area (Å²) in [5.74, 6) is -0.256. The van der Waals surface area contributed by atoms with Crippen LogP contribution in [0.4, 0.5) is 4.79 Å². The number of hydrogen-bond acceptors (Lipinski definition) is 7. The summed E-state index contributed by atoms with van der Waals surface area (Å²) >= 11 is 0. The summed E-state index contributed by atoms with van der Waals surface area (Å²) in [6.07, 6.45) is 5.68. The predicted octanol–water partition coefficient (Wildman–Crippen LogP) is 3.16. The van der Waals surface area contributed by atoms with Gasteiger partial charge in [0.05, 0.1) is 12.1 Å². The summed E-state index contributed by atoms with van der Waals surface area (Å²) in [6, 6.07) is 10.1. The summed E-state index contributed by atoms with van der Waals surface area (Å²) in [4.78, 5) is 57.9. The maximum Gasteiger partial charge on any atom is 0.409 e. The van der Waals surface area contributed by atoms with Crippen molar-refractivity contribution in [2.75, 3.05) is 45.9 Å². The fourth-order valence-corrected chi connectivity index (χ4v) is 7.56. The van der Waals surface area contributed by atoms with Gasteiger partial charge in [-0.3, -0.25) is 19.3 Å². The molecular weight excluding hydrogens is 562 g/mol. The van der Waals surface area contributed by atoms with Crippen molar-refractivity contribution in [3.05, 3.63) is 46.2 Å². The molecule has 11 heteroatoms. The maximum atomic E-state index is 13.4. The average molecular weight is 608 g/mol. The van der Waals surface area contributed by atoms with Gasteiger partial charge in [-0.15, -0.1) is 0 Å². The van der Waals surface area contributed by atoms with Crippen molar-refractivity contribution in [2.45, 2.75) is 89.1 Å². The molecule has 4 fully saturated rings. The van der Waals surface area contributed by atoms with Gasteiger partial charge in [0.25, 0.3) is 17.4 Å². The zero-order valence-electron chi connectivity index (χ0n) is 25.9. The average Bonchev–Trinajstić information content (AvgIpc) is 3.64. The predicted molar refractivity (Wildman–Crippen MR) is 166 cm³/mol. The number of carbonyl (C=O) groups is 3. The second-order valence-corrected chi connectivity index (χ2v) is 12.9. The number of para-hydroxylation sites is 1. The molecule has 5 heterocycles. The maximum absolute atomic E-state index is 13.4. The van der Waals surface area contributed by atoms with E-state index in [9.17, 15) is 19.2 Å². The molecule has 4 aliphatic heterocycles. The molecule has 2 aromatic rings. The van der Waals surface area contributed by atoms with Crippen molar-refractivity contribution in [3.8, 4) is 0 Å². The van der Waals surface area contributed by atoms with Gasteiger partial charge in [0.15, 0.2) is 0 Å². The van der Waals surface area contributed by atoms with E-state index in [-0.39, 0.29) is 47.2 Å². The Morgan fingerprint density at radius 2 is 1.70 bits per heavy atom. The molecule has 6 rings (SSSR count). The number of piperidine rings is 1. The van der Waals surface area contributed by atoms with E-state index in [1.807, 2.05) is 38.1 Å². The Kier molecular flexibility index (Phi) is 9.23. The fraction of sp³-hybridized carbons (Fsp3) is 0.636. The number of benzene rings is 1. The molecule has 4 aliphatic rings. The van der Waals surface area contributed by atoms with Gasteiger partial charge in [-0.1, -0.05) is 18.2 Å². The number of nitrogens with one attached hydrogen (secondary N) is 1. The molecule has 0 radical (unpaired) electrons. The molecule has 1 N–H and O–H groups in total. The second kappa shape index (κ2) is 13.3. The third kappa shape index (κ3) is 6.35. The van der Waals surface area contributed by atoms with Gasteiger partial charge in [0.2, 0.25) is 0 Å². The molecule has 0 aliphatic carbocycles. The molecule has 238 valence electrons. The molecule has 4 saturated heterocycles. The van der Waals surface area contributed by atoms with Gasteiger partial charge in [0, 0.05) is 63.5 Å². The molecule has 3 amide bonds. The standard InChI is InChI=1S/C33H45N5O6/c1-22(2)38-28-8-4-3-7-23(28)19-27(31(38)40)30(39)34-24-20-25-10-11-26(21-24)37(25)12-6-18-44-33(42)36-15-13-35(14-16-36)32(41)29-9-5-17-43-29/h3-4,7-8,19,22,24-26,29H,5-6,9-18,20-21H2,1-2H3,(H,34,39)/t24?,25-,26+,29?. The quantitative estimate of drug-likeness (QED) is 0.459. The van der Waals surface area contributed by atoms with Gasteiger partial charge < -0.3 is 29.2 Å². The van der Waals surface area contributed by atoms with Crippen LogP contribution >= 0.6 is 0 Å². The second-order valence-electron chi connectivity index (χ2n) is 12.9. The van der Waals surface area contributed by atoms with E-state index in [4.69, 9.17) is 9.47 Å². The summed E-state index contributed by atoms with van der Waals surface area (Å²) in [5, 5.41) is 4.07. The number of fused-ring (bicyclic) bond motifs is 3. The van der Waals surface area contributed by atoms with Crippen LogP contribution in [-0.2, 0) is 14.3 Å². The lowest BCUT2D eigenvalue weighted by molar-refractivity contribution is -0.142. The highest BCUT2D eigenvalue weighted by Gasteiger charge is 2.41. The summed E-state index contributed by atoms with van der Waals surface area (Å²) < 4.78 is 12.8. The van der Waals surface area contributed by atoms with Crippen molar-refractivity contribution in [1.82, 2.24) is 24.6 Å². The molecular formula is C33H45N5O6. The van der Waals surface area contributed by atoms with Crippen LogP contribution in [0.25, 0.3) is 10.9 Å². The number of hydrogen-bond donors (Lipinski definition) is 1. The zero-order chi connectivity index (χ0) is 30.8. The Bertz CT molecular complexity index is 1410. The van der Waals surface area contributed by atoms with E-state index < -0.39 is 0 Å². The third-order valence-electron chi connectivity index (χ3n) is 9.77. The molecule has 4 atom stereocenters. The van der Waals surface area contributed by atoms with Gasteiger partial charge in [-0.05, 0) is 76.3 Å². The molecule has 1 aromatic carbocycles. The Morgan fingerprint density at radius 3 is 2.39 bits per heavy atom. The molecule has 0 saturated carbocycles. The number of nitrogens with zero attached hydrogens (tertiary/aromatic N) is 4. The van der Waals surface area contributed by atoms with Gasteiger partial charge >= 0.3 is 6.09 Å². The Hall–Kier alpha value is -3.44. The number of ether oxygens (including phenoxy) is 2. The monoisotopic (exact) mass is 607 g/mol.